The zero-order valence-electron chi connectivity index (χ0n) is 13.3. The molecule has 1 aromatic heterocycles. The molecule has 1 aliphatic carbocycles. The zero-order chi connectivity index (χ0) is 17.3. The Kier molecular flexibility index (Phi) is 4.45. The number of anilines is 1. The molecule has 3 rings (SSSR count). The Morgan fingerprint density at radius 1 is 1.50 bits per heavy atom. The number of pyridine rings is 1. The SMILES string of the molecule is C[C@H]1CCCC[C@@]12NC(=O)N(CC(=O)Nc1cccnc1Cl)C2=O. The molecule has 0 aromatic carbocycles. The third kappa shape index (κ3) is 2.84. The summed E-state index contributed by atoms with van der Waals surface area (Å²) in [5, 5.41) is 5.55. The summed E-state index contributed by atoms with van der Waals surface area (Å²) in [4.78, 5) is 42.1. The number of hydrogen-bond donors (Lipinski definition) is 2. The van der Waals surface area contributed by atoms with Crippen molar-refractivity contribution < 1.29 is 14.4 Å². The second kappa shape index (κ2) is 6.39. The van der Waals surface area contributed by atoms with Crippen LogP contribution in [0, 0.1) is 5.92 Å². The van der Waals surface area contributed by atoms with Gasteiger partial charge in [0.15, 0.2) is 5.15 Å². The van der Waals surface area contributed by atoms with Crippen LogP contribution in [0.2, 0.25) is 5.15 Å². The van der Waals surface area contributed by atoms with Crippen LogP contribution in [0.4, 0.5) is 10.5 Å². The highest BCUT2D eigenvalue weighted by Gasteiger charge is 2.55. The first kappa shape index (κ1) is 16.7. The van der Waals surface area contributed by atoms with E-state index in [0.717, 1.165) is 24.2 Å². The van der Waals surface area contributed by atoms with Crippen LogP contribution in [0.5, 0.6) is 0 Å². The lowest BCUT2D eigenvalue weighted by Gasteiger charge is -2.36. The average molecular weight is 351 g/mol. The maximum absolute atomic E-state index is 12.8. The minimum atomic E-state index is -0.860. The van der Waals surface area contributed by atoms with Crippen LogP contribution in [0.3, 0.4) is 0 Å². The van der Waals surface area contributed by atoms with Crippen molar-refractivity contribution in [2.24, 2.45) is 5.92 Å². The molecule has 0 unspecified atom stereocenters. The average Bonchev–Trinajstić information content (AvgIpc) is 2.78. The quantitative estimate of drug-likeness (QED) is 0.645. The van der Waals surface area contributed by atoms with E-state index in [1.807, 2.05) is 6.92 Å². The maximum Gasteiger partial charge on any atom is 0.325 e. The van der Waals surface area contributed by atoms with E-state index in [4.69, 9.17) is 11.6 Å². The summed E-state index contributed by atoms with van der Waals surface area (Å²) in [6.45, 7) is 1.63. The molecular weight excluding hydrogens is 332 g/mol. The van der Waals surface area contributed by atoms with Crippen molar-refractivity contribution in [1.82, 2.24) is 15.2 Å². The number of nitrogens with zero attached hydrogens (tertiary/aromatic N) is 2. The Balaban J connectivity index is 1.71. The van der Waals surface area contributed by atoms with Gasteiger partial charge in [0, 0.05) is 6.20 Å². The monoisotopic (exact) mass is 350 g/mol. The molecule has 7 nitrogen and oxygen atoms in total. The Labute approximate surface area is 144 Å². The molecule has 1 aromatic rings. The van der Waals surface area contributed by atoms with Crippen LogP contribution >= 0.6 is 11.6 Å². The fourth-order valence-electron chi connectivity index (χ4n) is 3.45. The molecule has 0 bridgehead atoms. The molecule has 128 valence electrons. The van der Waals surface area contributed by atoms with E-state index < -0.39 is 17.5 Å². The van der Waals surface area contributed by atoms with Crippen molar-refractivity contribution in [2.45, 2.75) is 38.1 Å². The molecule has 1 saturated heterocycles. The maximum atomic E-state index is 12.8. The summed E-state index contributed by atoms with van der Waals surface area (Å²) in [5.74, 6) is -0.746. The predicted octanol–water partition coefficient (Wildman–Crippen LogP) is 2.17. The van der Waals surface area contributed by atoms with E-state index in [2.05, 4.69) is 15.6 Å². The number of rotatable bonds is 3. The summed E-state index contributed by atoms with van der Waals surface area (Å²) in [7, 11) is 0. The number of carbonyl (C=O) groups excluding carboxylic acids is 3. The van der Waals surface area contributed by atoms with Crippen molar-refractivity contribution in [2.75, 3.05) is 11.9 Å². The highest BCUT2D eigenvalue weighted by molar-refractivity contribution is 6.32. The van der Waals surface area contributed by atoms with Crippen LogP contribution in [-0.2, 0) is 9.59 Å². The highest BCUT2D eigenvalue weighted by atomic mass is 35.5. The first-order chi connectivity index (χ1) is 11.4. The summed E-state index contributed by atoms with van der Waals surface area (Å²) in [6.07, 6.45) is 4.94. The Hall–Kier alpha value is -2.15. The molecule has 1 spiro atoms. The van der Waals surface area contributed by atoms with Crippen molar-refractivity contribution in [3.05, 3.63) is 23.5 Å². The third-order valence-electron chi connectivity index (χ3n) is 4.84. The molecule has 1 aliphatic heterocycles. The van der Waals surface area contributed by atoms with Crippen molar-refractivity contribution in [3.63, 3.8) is 0 Å². The predicted molar refractivity (Wildman–Crippen MR) is 88.5 cm³/mol. The van der Waals surface area contributed by atoms with Gasteiger partial charge in [-0.2, -0.15) is 0 Å². The first-order valence-electron chi connectivity index (χ1n) is 7.98. The van der Waals surface area contributed by atoms with Gasteiger partial charge >= 0.3 is 6.03 Å². The molecule has 0 radical (unpaired) electrons. The van der Waals surface area contributed by atoms with Gasteiger partial charge < -0.3 is 10.6 Å². The lowest BCUT2D eigenvalue weighted by Crippen LogP contribution is -2.54. The van der Waals surface area contributed by atoms with Gasteiger partial charge in [0.25, 0.3) is 5.91 Å². The van der Waals surface area contributed by atoms with Crippen LogP contribution < -0.4 is 10.6 Å². The number of aromatic nitrogens is 1. The van der Waals surface area contributed by atoms with Gasteiger partial charge in [-0.3, -0.25) is 14.5 Å². The Morgan fingerprint density at radius 3 is 3.00 bits per heavy atom. The van der Waals surface area contributed by atoms with E-state index in [1.165, 1.54) is 6.20 Å². The van der Waals surface area contributed by atoms with E-state index in [9.17, 15) is 14.4 Å². The number of amides is 4. The first-order valence-corrected chi connectivity index (χ1v) is 8.36. The summed E-state index contributed by atoms with van der Waals surface area (Å²) < 4.78 is 0. The van der Waals surface area contributed by atoms with Crippen LogP contribution in [0.25, 0.3) is 0 Å². The van der Waals surface area contributed by atoms with Gasteiger partial charge in [-0.25, -0.2) is 9.78 Å². The summed E-state index contributed by atoms with van der Waals surface area (Å²) >= 11 is 5.89. The van der Waals surface area contributed by atoms with Gasteiger partial charge in [0.2, 0.25) is 5.91 Å². The van der Waals surface area contributed by atoms with Gasteiger partial charge in [0.05, 0.1) is 5.69 Å². The normalized spacial score (nSPS) is 26.6. The van der Waals surface area contributed by atoms with Gasteiger partial charge in [-0.15, -0.1) is 0 Å². The smallest absolute Gasteiger partial charge is 0.323 e. The van der Waals surface area contributed by atoms with Crippen molar-refractivity contribution in [3.8, 4) is 0 Å². The molecule has 2 atom stereocenters. The molecule has 2 fully saturated rings. The second-order valence-electron chi connectivity index (χ2n) is 6.33. The third-order valence-corrected chi connectivity index (χ3v) is 5.14. The number of imide groups is 1. The lowest BCUT2D eigenvalue weighted by atomic mass is 9.73. The molecule has 1 saturated carbocycles. The van der Waals surface area contributed by atoms with Gasteiger partial charge in [-0.1, -0.05) is 31.4 Å². The van der Waals surface area contributed by atoms with E-state index in [1.54, 1.807) is 12.1 Å². The van der Waals surface area contributed by atoms with Gasteiger partial charge in [-0.05, 0) is 30.9 Å². The number of halogens is 1. The van der Waals surface area contributed by atoms with Gasteiger partial charge in [0.1, 0.15) is 12.1 Å². The molecule has 24 heavy (non-hydrogen) atoms. The lowest BCUT2D eigenvalue weighted by molar-refractivity contribution is -0.136. The topological polar surface area (TPSA) is 91.4 Å². The summed E-state index contributed by atoms with van der Waals surface area (Å²) in [5.41, 5.74) is -0.515. The van der Waals surface area contributed by atoms with Crippen LogP contribution in [0.15, 0.2) is 18.3 Å². The van der Waals surface area contributed by atoms with Crippen molar-refractivity contribution >= 4 is 35.1 Å². The Bertz CT molecular complexity index is 696. The second-order valence-corrected chi connectivity index (χ2v) is 6.69. The van der Waals surface area contributed by atoms with Crippen LogP contribution in [0.1, 0.15) is 32.6 Å². The molecule has 2 aliphatic rings. The number of hydrogen-bond acceptors (Lipinski definition) is 4. The molecule has 4 amide bonds. The molecule has 2 N–H and O–H groups in total. The summed E-state index contributed by atoms with van der Waals surface area (Å²) in [6, 6.07) is 2.72. The largest absolute Gasteiger partial charge is 0.325 e. The van der Waals surface area contributed by atoms with E-state index >= 15 is 0 Å². The van der Waals surface area contributed by atoms with Crippen molar-refractivity contribution in [1.29, 1.82) is 0 Å². The van der Waals surface area contributed by atoms with E-state index in [0.29, 0.717) is 12.1 Å². The Morgan fingerprint density at radius 2 is 2.29 bits per heavy atom. The fraction of sp³-hybridized carbons (Fsp3) is 0.500. The molecule has 8 heteroatoms. The number of nitrogens with one attached hydrogen (secondary N) is 2. The standard InChI is InChI=1S/C16H19ClN4O3/c1-10-5-2-3-7-16(10)14(23)21(15(24)20-16)9-12(22)19-11-6-4-8-18-13(11)17/h4,6,8,10H,2-3,5,7,9H2,1H3,(H,19,22)(H,20,24)/t10-,16+/m0/s1. The van der Waals surface area contributed by atoms with Crippen LogP contribution in [-0.4, -0.2) is 39.8 Å². The minimum Gasteiger partial charge on any atom is -0.323 e. The van der Waals surface area contributed by atoms with E-state index in [-0.39, 0.29) is 23.5 Å². The minimum absolute atomic E-state index is 0.0588. The zero-order valence-corrected chi connectivity index (χ0v) is 14.1. The number of urea groups is 1. The highest BCUT2D eigenvalue weighted by Crippen LogP contribution is 2.38. The fourth-order valence-corrected chi connectivity index (χ4v) is 3.62. The number of carbonyl (C=O) groups is 3. The molecular formula is C16H19ClN4O3. The molecule has 2 heterocycles.